The zero-order chi connectivity index (χ0) is 7.98. The highest BCUT2D eigenvalue weighted by Gasteiger charge is 2.09. The molecule has 0 rings (SSSR count). The van der Waals surface area contributed by atoms with Gasteiger partial charge in [-0.1, -0.05) is 36.2 Å². The molecule has 1 unspecified atom stereocenters. The maximum atomic E-state index is 11.1. The SMILES string of the molecule is CCCCC(=O)C(C)CBr. The third-order valence-corrected chi connectivity index (χ3v) is 2.53. The monoisotopic (exact) mass is 206 g/mol. The summed E-state index contributed by atoms with van der Waals surface area (Å²) in [6.45, 7) is 4.07. The number of halogens is 1. The van der Waals surface area contributed by atoms with Gasteiger partial charge < -0.3 is 0 Å². The zero-order valence-electron chi connectivity index (χ0n) is 6.69. The number of hydrogen-bond donors (Lipinski definition) is 0. The number of hydrogen-bond acceptors (Lipinski definition) is 1. The van der Waals surface area contributed by atoms with Crippen LogP contribution in [0.15, 0.2) is 0 Å². The van der Waals surface area contributed by atoms with Crippen molar-refractivity contribution in [1.82, 2.24) is 0 Å². The van der Waals surface area contributed by atoms with Crippen molar-refractivity contribution in [2.24, 2.45) is 5.92 Å². The van der Waals surface area contributed by atoms with E-state index in [1.807, 2.05) is 6.92 Å². The van der Waals surface area contributed by atoms with Crippen molar-refractivity contribution in [2.75, 3.05) is 5.33 Å². The van der Waals surface area contributed by atoms with Crippen LogP contribution in [0.3, 0.4) is 0 Å². The Morgan fingerprint density at radius 3 is 2.60 bits per heavy atom. The first-order valence-corrected chi connectivity index (χ1v) is 4.93. The maximum absolute atomic E-state index is 11.1. The molecule has 0 saturated heterocycles. The molecule has 0 radical (unpaired) electrons. The molecule has 0 amide bonds. The molecule has 0 aromatic rings. The number of carbonyl (C=O) groups excluding carboxylic acids is 1. The molecule has 0 bridgehead atoms. The number of unbranched alkanes of at least 4 members (excludes halogenated alkanes) is 1. The first kappa shape index (κ1) is 10.2. The lowest BCUT2D eigenvalue weighted by molar-refractivity contribution is -0.121. The van der Waals surface area contributed by atoms with E-state index in [4.69, 9.17) is 0 Å². The van der Waals surface area contributed by atoms with E-state index in [0.717, 1.165) is 24.6 Å². The van der Waals surface area contributed by atoms with Gasteiger partial charge in [-0.25, -0.2) is 0 Å². The lowest BCUT2D eigenvalue weighted by atomic mass is 10.0. The van der Waals surface area contributed by atoms with Crippen LogP contribution < -0.4 is 0 Å². The highest BCUT2D eigenvalue weighted by Crippen LogP contribution is 2.07. The van der Waals surface area contributed by atoms with Crippen molar-refractivity contribution in [2.45, 2.75) is 33.1 Å². The number of Topliss-reactive ketones (excluding diaryl/α,β-unsaturated/α-hetero) is 1. The van der Waals surface area contributed by atoms with Gasteiger partial charge in [-0.15, -0.1) is 0 Å². The van der Waals surface area contributed by atoms with E-state index in [1.54, 1.807) is 0 Å². The van der Waals surface area contributed by atoms with Crippen LogP contribution in [0, 0.1) is 5.92 Å². The van der Waals surface area contributed by atoms with Crippen LogP contribution in [0.4, 0.5) is 0 Å². The molecule has 0 aromatic heterocycles. The molecule has 0 aliphatic rings. The molecular formula is C8H15BrO. The molecule has 0 saturated carbocycles. The van der Waals surface area contributed by atoms with Gasteiger partial charge in [0.15, 0.2) is 0 Å². The largest absolute Gasteiger partial charge is 0.299 e. The van der Waals surface area contributed by atoms with Crippen LogP contribution in [0.25, 0.3) is 0 Å². The van der Waals surface area contributed by atoms with Gasteiger partial charge in [-0.2, -0.15) is 0 Å². The highest BCUT2D eigenvalue weighted by atomic mass is 79.9. The molecular weight excluding hydrogens is 192 g/mol. The second-order valence-corrected chi connectivity index (χ2v) is 3.27. The summed E-state index contributed by atoms with van der Waals surface area (Å²) in [5.41, 5.74) is 0. The van der Waals surface area contributed by atoms with Crippen LogP contribution in [-0.4, -0.2) is 11.1 Å². The summed E-state index contributed by atoms with van der Waals surface area (Å²) in [6, 6.07) is 0. The van der Waals surface area contributed by atoms with Gasteiger partial charge in [-0.3, -0.25) is 4.79 Å². The molecule has 1 nitrogen and oxygen atoms in total. The van der Waals surface area contributed by atoms with Crippen molar-refractivity contribution in [3.8, 4) is 0 Å². The summed E-state index contributed by atoms with van der Waals surface area (Å²) in [7, 11) is 0. The van der Waals surface area contributed by atoms with Crippen LogP contribution in [0.5, 0.6) is 0 Å². The summed E-state index contributed by atoms with van der Waals surface area (Å²) in [5.74, 6) is 0.588. The standard InChI is InChI=1S/C8H15BrO/c1-3-4-5-8(10)7(2)6-9/h7H,3-6H2,1-2H3. The van der Waals surface area contributed by atoms with E-state index < -0.39 is 0 Å². The third-order valence-electron chi connectivity index (χ3n) is 1.56. The van der Waals surface area contributed by atoms with Gasteiger partial charge >= 0.3 is 0 Å². The second-order valence-electron chi connectivity index (χ2n) is 2.63. The average molecular weight is 207 g/mol. The minimum Gasteiger partial charge on any atom is -0.299 e. The number of ketones is 1. The molecule has 0 aliphatic heterocycles. The van der Waals surface area contributed by atoms with Gasteiger partial charge in [0.2, 0.25) is 0 Å². The van der Waals surface area contributed by atoms with Crippen LogP contribution in [0.1, 0.15) is 33.1 Å². The smallest absolute Gasteiger partial charge is 0.136 e. The molecule has 60 valence electrons. The summed E-state index contributed by atoms with van der Waals surface area (Å²) < 4.78 is 0. The summed E-state index contributed by atoms with van der Waals surface area (Å²) in [4.78, 5) is 11.1. The number of carbonyl (C=O) groups is 1. The van der Waals surface area contributed by atoms with Crippen molar-refractivity contribution in [3.05, 3.63) is 0 Å². The Kier molecular flexibility index (Phi) is 5.99. The zero-order valence-corrected chi connectivity index (χ0v) is 8.28. The van der Waals surface area contributed by atoms with E-state index >= 15 is 0 Å². The summed E-state index contributed by atoms with van der Waals surface area (Å²) >= 11 is 3.29. The van der Waals surface area contributed by atoms with Crippen LogP contribution >= 0.6 is 15.9 Å². The number of rotatable bonds is 5. The normalized spacial score (nSPS) is 13.1. The van der Waals surface area contributed by atoms with Crippen molar-refractivity contribution in [1.29, 1.82) is 0 Å². The predicted octanol–water partition coefficient (Wildman–Crippen LogP) is 2.78. The van der Waals surface area contributed by atoms with Gasteiger partial charge in [-0.05, 0) is 6.42 Å². The van der Waals surface area contributed by atoms with Crippen LogP contribution in [0.2, 0.25) is 0 Å². The third kappa shape index (κ3) is 4.04. The minimum atomic E-state index is 0.201. The van der Waals surface area contributed by atoms with Crippen molar-refractivity contribution < 1.29 is 4.79 Å². The Balaban J connectivity index is 3.42. The van der Waals surface area contributed by atoms with E-state index in [2.05, 4.69) is 22.9 Å². The number of alkyl halides is 1. The lowest BCUT2D eigenvalue weighted by Crippen LogP contribution is -2.11. The molecule has 0 fully saturated rings. The molecule has 2 heteroatoms. The molecule has 1 atom stereocenters. The Hall–Kier alpha value is 0.150. The fourth-order valence-electron chi connectivity index (χ4n) is 0.683. The Bertz CT molecular complexity index is 101. The maximum Gasteiger partial charge on any atom is 0.136 e. The van der Waals surface area contributed by atoms with E-state index in [-0.39, 0.29) is 5.92 Å². The Labute approximate surface area is 71.3 Å². The highest BCUT2D eigenvalue weighted by molar-refractivity contribution is 9.09. The predicted molar refractivity (Wildman–Crippen MR) is 47.5 cm³/mol. The van der Waals surface area contributed by atoms with Gasteiger partial charge in [0.1, 0.15) is 5.78 Å². The molecule has 0 N–H and O–H groups in total. The second kappa shape index (κ2) is 5.90. The molecule has 0 aromatic carbocycles. The first-order valence-electron chi connectivity index (χ1n) is 3.81. The minimum absolute atomic E-state index is 0.201. The van der Waals surface area contributed by atoms with Gasteiger partial charge in [0.05, 0.1) is 0 Å². The molecule has 0 aliphatic carbocycles. The van der Waals surface area contributed by atoms with E-state index in [9.17, 15) is 4.79 Å². The van der Waals surface area contributed by atoms with Crippen molar-refractivity contribution >= 4 is 21.7 Å². The average Bonchev–Trinajstić information content (AvgIpc) is 1.98. The van der Waals surface area contributed by atoms with Crippen LogP contribution in [-0.2, 0) is 4.79 Å². The van der Waals surface area contributed by atoms with Gasteiger partial charge in [0, 0.05) is 17.7 Å². The quantitative estimate of drug-likeness (QED) is 0.633. The Morgan fingerprint density at radius 1 is 1.60 bits per heavy atom. The molecule has 0 spiro atoms. The van der Waals surface area contributed by atoms with Gasteiger partial charge in [0.25, 0.3) is 0 Å². The van der Waals surface area contributed by atoms with Crippen molar-refractivity contribution in [3.63, 3.8) is 0 Å². The lowest BCUT2D eigenvalue weighted by Gasteiger charge is -2.04. The Morgan fingerprint density at radius 2 is 2.20 bits per heavy atom. The fourth-order valence-corrected chi connectivity index (χ4v) is 1.04. The molecule has 0 heterocycles. The fraction of sp³-hybridized carbons (Fsp3) is 0.875. The topological polar surface area (TPSA) is 17.1 Å². The molecule has 10 heavy (non-hydrogen) atoms. The first-order chi connectivity index (χ1) is 4.72. The summed E-state index contributed by atoms with van der Waals surface area (Å²) in [6.07, 6.45) is 2.90. The van der Waals surface area contributed by atoms with E-state index in [0.29, 0.717) is 5.78 Å². The van der Waals surface area contributed by atoms with E-state index in [1.165, 1.54) is 0 Å². The summed E-state index contributed by atoms with van der Waals surface area (Å²) in [5, 5.41) is 0.801.